The van der Waals surface area contributed by atoms with E-state index in [-0.39, 0.29) is 13.2 Å². The van der Waals surface area contributed by atoms with Gasteiger partial charge in [0.15, 0.2) is 0 Å². The van der Waals surface area contributed by atoms with E-state index in [0.29, 0.717) is 0 Å². The molecule has 0 fully saturated rings. The maximum atomic E-state index is 5.02. The Hall–Kier alpha value is -0.400. The second kappa shape index (κ2) is 8.87. The molecule has 0 aliphatic rings. The second-order valence-corrected chi connectivity index (χ2v) is 2.62. The first-order chi connectivity index (χ1) is 7.24. The zero-order valence-electron chi connectivity index (χ0n) is 8.07. The summed E-state index contributed by atoms with van der Waals surface area (Å²) in [5, 5.41) is 0. The van der Waals surface area contributed by atoms with Crippen LogP contribution in [0, 0.1) is 0 Å². The third-order valence-electron chi connectivity index (χ3n) is 1.76. The molecule has 0 aliphatic carbocycles. The second-order valence-electron chi connectivity index (χ2n) is 2.62. The van der Waals surface area contributed by atoms with Gasteiger partial charge in [0.05, 0.1) is 13.2 Å². The Bertz CT molecular complexity index is 138. The van der Waals surface area contributed by atoms with E-state index >= 15 is 0 Å². The highest BCUT2D eigenvalue weighted by Gasteiger charge is 2.32. The van der Waals surface area contributed by atoms with Gasteiger partial charge in [-0.2, -0.15) is 0 Å². The Kier molecular flexibility index (Phi) is 8.64. The van der Waals surface area contributed by atoms with Crippen molar-refractivity contribution in [2.75, 3.05) is 13.2 Å². The Morgan fingerprint density at radius 1 is 0.667 bits per heavy atom. The highest BCUT2D eigenvalue weighted by Crippen LogP contribution is 2.08. The first-order valence-corrected chi connectivity index (χ1v) is 3.95. The topological polar surface area (TPSA) is 176 Å². The Morgan fingerprint density at radius 3 is 1.27 bits per heavy atom. The highest BCUT2D eigenvalue weighted by atomic mass is 16.7. The molecular formula is C5H17N5O5. The molecule has 0 aromatic rings. The zero-order valence-corrected chi connectivity index (χ0v) is 8.07. The number of hydrogen-bond acceptors (Lipinski definition) is 10. The molecule has 10 nitrogen and oxygen atoms in total. The highest BCUT2D eigenvalue weighted by molar-refractivity contribution is 4.78. The minimum absolute atomic E-state index is 0.0667. The fourth-order valence-electron chi connectivity index (χ4n) is 1.03. The maximum Gasteiger partial charge on any atom is 0.140 e. The molecule has 0 bridgehead atoms. The van der Waals surface area contributed by atoms with E-state index in [2.05, 4.69) is 24.2 Å². The molecule has 0 unspecified atom stereocenters. The van der Waals surface area contributed by atoms with Gasteiger partial charge >= 0.3 is 0 Å². The molecule has 0 saturated heterocycles. The lowest BCUT2D eigenvalue weighted by Crippen LogP contribution is -2.50. The normalized spacial score (nSPS) is 15.6. The number of hydrogen-bond donors (Lipinski definition) is 5. The molecule has 92 valence electrons. The van der Waals surface area contributed by atoms with Crippen molar-refractivity contribution in [1.29, 1.82) is 0 Å². The molecule has 0 aliphatic heterocycles. The number of nitrogens with two attached hydrogens (primary N) is 5. The molecule has 0 rings (SSSR count). The van der Waals surface area contributed by atoms with Crippen LogP contribution in [0.2, 0.25) is 0 Å². The van der Waals surface area contributed by atoms with Crippen LogP contribution >= 0.6 is 0 Å². The molecular weight excluding hydrogens is 210 g/mol. The summed E-state index contributed by atoms with van der Waals surface area (Å²) in [6.07, 6.45) is -2.39. The van der Waals surface area contributed by atoms with Gasteiger partial charge in [0, 0.05) is 0 Å². The van der Waals surface area contributed by atoms with Gasteiger partial charge in [-0.1, -0.05) is 0 Å². The summed E-state index contributed by atoms with van der Waals surface area (Å²) < 4.78 is 0. The average molecular weight is 227 g/mol. The molecule has 10 heteroatoms. The van der Waals surface area contributed by atoms with Crippen LogP contribution in [0.15, 0.2) is 0 Å². The molecule has 0 saturated carbocycles. The maximum absolute atomic E-state index is 5.02. The van der Waals surface area contributed by atoms with Crippen molar-refractivity contribution in [2.45, 2.75) is 18.3 Å². The van der Waals surface area contributed by atoms with E-state index in [4.69, 9.17) is 29.5 Å². The summed E-state index contributed by atoms with van der Waals surface area (Å²) >= 11 is 0. The first kappa shape index (κ1) is 14.6. The molecule has 0 aromatic heterocycles. The van der Waals surface area contributed by atoms with E-state index in [9.17, 15) is 0 Å². The molecule has 10 N–H and O–H groups in total. The average Bonchev–Trinajstić information content (AvgIpc) is 2.27. The van der Waals surface area contributed by atoms with Gasteiger partial charge in [0.1, 0.15) is 18.3 Å². The summed E-state index contributed by atoms with van der Waals surface area (Å²) in [5.41, 5.74) is 0. The van der Waals surface area contributed by atoms with Crippen LogP contribution < -0.4 is 29.5 Å². The lowest BCUT2D eigenvalue weighted by Gasteiger charge is -2.27. The smallest absolute Gasteiger partial charge is 0.140 e. The fraction of sp³-hybridized carbons (Fsp3) is 1.00. The minimum atomic E-state index is -0.841. The molecule has 0 spiro atoms. The van der Waals surface area contributed by atoms with Crippen LogP contribution in [0.4, 0.5) is 0 Å². The lowest BCUT2D eigenvalue weighted by molar-refractivity contribution is -0.174. The van der Waals surface area contributed by atoms with Gasteiger partial charge in [0.25, 0.3) is 0 Å². The van der Waals surface area contributed by atoms with Crippen molar-refractivity contribution < 1.29 is 24.2 Å². The van der Waals surface area contributed by atoms with Crippen molar-refractivity contribution in [1.82, 2.24) is 0 Å². The molecule has 0 aromatic carbocycles. The summed E-state index contributed by atoms with van der Waals surface area (Å²) in [5.74, 6) is 24.7. The fourth-order valence-corrected chi connectivity index (χ4v) is 1.03. The van der Waals surface area contributed by atoms with Crippen molar-refractivity contribution in [3.63, 3.8) is 0 Å². The van der Waals surface area contributed by atoms with Crippen molar-refractivity contribution in [3.8, 4) is 0 Å². The summed E-state index contributed by atoms with van der Waals surface area (Å²) in [7, 11) is 0. The predicted octanol–water partition coefficient (Wildman–Crippen LogP) is -3.46. The van der Waals surface area contributed by atoms with Gasteiger partial charge in [-0.25, -0.2) is 29.5 Å². The molecule has 0 amide bonds. The van der Waals surface area contributed by atoms with Gasteiger partial charge in [-0.3, -0.25) is 14.5 Å². The standard InChI is InChI=1S/C5H17N5O5/c6-11-1-3(13-8)5(15-10)4(14-9)2-12-7/h3-5H,1-2,6-10H2/t3-,4-/m1/s1. The van der Waals surface area contributed by atoms with Crippen molar-refractivity contribution in [2.24, 2.45) is 29.5 Å². The van der Waals surface area contributed by atoms with Crippen LogP contribution in [0.3, 0.4) is 0 Å². The van der Waals surface area contributed by atoms with Gasteiger partial charge in [-0.15, -0.1) is 0 Å². The Balaban J connectivity index is 4.37. The van der Waals surface area contributed by atoms with Gasteiger partial charge in [-0.05, 0) is 0 Å². The van der Waals surface area contributed by atoms with Crippen LogP contribution in [0.1, 0.15) is 0 Å². The Labute approximate surface area is 86.2 Å². The molecule has 2 atom stereocenters. The Morgan fingerprint density at radius 2 is 1.07 bits per heavy atom. The SMILES string of the molecule is NOC[C@@H](ON)C(ON)[C@@H](CON)ON. The summed E-state index contributed by atoms with van der Waals surface area (Å²) in [4.78, 5) is 22.3. The third-order valence-corrected chi connectivity index (χ3v) is 1.76. The summed E-state index contributed by atoms with van der Waals surface area (Å²) in [6, 6.07) is 0. The summed E-state index contributed by atoms with van der Waals surface area (Å²) in [6.45, 7) is -0.133. The van der Waals surface area contributed by atoms with E-state index in [1.54, 1.807) is 0 Å². The van der Waals surface area contributed by atoms with Crippen LogP contribution in [0.5, 0.6) is 0 Å². The van der Waals surface area contributed by atoms with E-state index < -0.39 is 18.3 Å². The van der Waals surface area contributed by atoms with Crippen LogP contribution in [0.25, 0.3) is 0 Å². The van der Waals surface area contributed by atoms with Crippen LogP contribution in [-0.4, -0.2) is 31.5 Å². The van der Waals surface area contributed by atoms with Gasteiger partial charge in [0.2, 0.25) is 0 Å². The van der Waals surface area contributed by atoms with Crippen molar-refractivity contribution >= 4 is 0 Å². The van der Waals surface area contributed by atoms with E-state index in [1.807, 2.05) is 0 Å². The molecule has 0 heterocycles. The first-order valence-electron chi connectivity index (χ1n) is 3.95. The van der Waals surface area contributed by atoms with Crippen LogP contribution in [-0.2, 0) is 24.2 Å². The largest absolute Gasteiger partial charge is 0.302 e. The molecule has 15 heavy (non-hydrogen) atoms. The quantitative estimate of drug-likeness (QED) is 0.249. The number of rotatable bonds is 9. The van der Waals surface area contributed by atoms with E-state index in [0.717, 1.165) is 0 Å². The minimum Gasteiger partial charge on any atom is -0.302 e. The predicted molar refractivity (Wildman–Crippen MR) is 47.5 cm³/mol. The molecule has 0 radical (unpaired) electrons. The van der Waals surface area contributed by atoms with E-state index in [1.165, 1.54) is 0 Å². The van der Waals surface area contributed by atoms with Gasteiger partial charge < -0.3 is 9.68 Å². The zero-order chi connectivity index (χ0) is 11.7. The third kappa shape index (κ3) is 4.76. The van der Waals surface area contributed by atoms with Crippen molar-refractivity contribution in [3.05, 3.63) is 0 Å². The lowest BCUT2D eigenvalue weighted by atomic mass is 10.1. The monoisotopic (exact) mass is 227 g/mol.